The average molecular weight is 407 g/mol. The van der Waals surface area contributed by atoms with Crippen LogP contribution in [0, 0.1) is 0 Å². The zero-order valence-corrected chi connectivity index (χ0v) is 15.1. The summed E-state index contributed by atoms with van der Waals surface area (Å²) in [6.07, 6.45) is 4.74. The largest absolute Gasteiger partial charge is 0.467 e. The maximum Gasteiger partial charge on any atom is 0.277 e. The van der Waals surface area contributed by atoms with Crippen molar-refractivity contribution in [3.8, 4) is 0 Å². The Morgan fingerprint density at radius 2 is 1.88 bits per heavy atom. The van der Waals surface area contributed by atoms with Gasteiger partial charge in [0.2, 0.25) is 0 Å². The maximum absolute atomic E-state index is 12.4. The molecule has 0 fully saturated rings. The normalized spacial score (nSPS) is 10.7. The van der Waals surface area contributed by atoms with Crippen LogP contribution < -0.4 is 10.6 Å². The smallest absolute Gasteiger partial charge is 0.277 e. The van der Waals surface area contributed by atoms with E-state index in [1.54, 1.807) is 38.6 Å². The first kappa shape index (κ1) is 17.0. The molecule has 0 aliphatic carbocycles. The third-order valence-electron chi connectivity index (χ3n) is 3.29. The van der Waals surface area contributed by atoms with E-state index in [-0.39, 0.29) is 17.9 Å². The van der Waals surface area contributed by atoms with Gasteiger partial charge in [-0.25, -0.2) is 0 Å². The summed E-state index contributed by atoms with van der Waals surface area (Å²) >= 11 is 3.28. The predicted molar refractivity (Wildman–Crippen MR) is 91.9 cm³/mol. The highest BCUT2D eigenvalue weighted by Gasteiger charge is 2.21. The number of hydrogen-bond donors (Lipinski definition) is 2. The molecule has 0 aromatic carbocycles. The van der Waals surface area contributed by atoms with E-state index in [2.05, 4.69) is 36.8 Å². The van der Waals surface area contributed by atoms with E-state index in [1.807, 2.05) is 0 Å². The number of rotatable bonds is 5. The number of furan rings is 1. The fourth-order valence-electron chi connectivity index (χ4n) is 2.21. The third kappa shape index (κ3) is 3.79. The molecule has 9 nitrogen and oxygen atoms in total. The minimum Gasteiger partial charge on any atom is -0.467 e. The van der Waals surface area contributed by atoms with Gasteiger partial charge < -0.3 is 15.1 Å². The van der Waals surface area contributed by atoms with Gasteiger partial charge >= 0.3 is 0 Å². The van der Waals surface area contributed by atoms with Crippen molar-refractivity contribution < 1.29 is 14.0 Å². The van der Waals surface area contributed by atoms with Crippen LogP contribution in [0.15, 0.2) is 39.7 Å². The maximum atomic E-state index is 12.4. The third-order valence-corrected chi connectivity index (χ3v) is 3.87. The summed E-state index contributed by atoms with van der Waals surface area (Å²) in [7, 11) is 3.37. The molecule has 3 heterocycles. The van der Waals surface area contributed by atoms with Gasteiger partial charge in [0.1, 0.15) is 5.76 Å². The zero-order valence-electron chi connectivity index (χ0n) is 13.5. The zero-order chi connectivity index (χ0) is 18.0. The van der Waals surface area contributed by atoms with Crippen LogP contribution in [0.3, 0.4) is 0 Å². The molecule has 3 aromatic rings. The lowest BCUT2D eigenvalue weighted by atomic mass is 10.3. The molecule has 0 bridgehead atoms. The molecule has 0 atom stereocenters. The number of amides is 2. The first-order chi connectivity index (χ1) is 11.9. The number of carbonyl (C=O) groups excluding carboxylic acids is 2. The van der Waals surface area contributed by atoms with Crippen LogP contribution in [0.2, 0.25) is 0 Å². The van der Waals surface area contributed by atoms with Gasteiger partial charge in [-0.05, 0) is 28.1 Å². The molecule has 2 amide bonds. The number of halogens is 1. The second-order valence-corrected chi connectivity index (χ2v) is 6.13. The highest BCUT2D eigenvalue weighted by Crippen LogP contribution is 2.18. The number of aryl methyl sites for hydroxylation is 2. The van der Waals surface area contributed by atoms with Crippen LogP contribution in [0.1, 0.15) is 26.7 Å². The molecule has 0 unspecified atom stereocenters. The second-order valence-electron chi connectivity index (χ2n) is 5.28. The molecule has 0 radical (unpaired) electrons. The van der Waals surface area contributed by atoms with Crippen molar-refractivity contribution in [3.63, 3.8) is 0 Å². The highest BCUT2D eigenvalue weighted by molar-refractivity contribution is 9.10. The molecule has 2 N–H and O–H groups in total. The van der Waals surface area contributed by atoms with Crippen molar-refractivity contribution in [1.82, 2.24) is 24.9 Å². The summed E-state index contributed by atoms with van der Waals surface area (Å²) in [6, 6.07) is 3.48. The Balaban J connectivity index is 1.75. The van der Waals surface area contributed by atoms with Crippen LogP contribution in [-0.4, -0.2) is 31.4 Å². The number of hydrogen-bond acceptors (Lipinski definition) is 5. The Bertz CT molecular complexity index is 912. The van der Waals surface area contributed by atoms with Crippen molar-refractivity contribution in [2.45, 2.75) is 6.54 Å². The lowest BCUT2D eigenvalue weighted by Gasteiger charge is -2.05. The quantitative estimate of drug-likeness (QED) is 0.670. The van der Waals surface area contributed by atoms with Crippen LogP contribution in [0.4, 0.5) is 5.69 Å². The predicted octanol–water partition coefficient (Wildman–Crippen LogP) is 1.69. The van der Waals surface area contributed by atoms with Crippen molar-refractivity contribution >= 4 is 33.4 Å². The molecule has 25 heavy (non-hydrogen) atoms. The van der Waals surface area contributed by atoms with Gasteiger partial charge in [-0.2, -0.15) is 10.2 Å². The molecule has 0 aliphatic rings. The highest BCUT2D eigenvalue weighted by atomic mass is 79.9. The molecule has 3 rings (SSSR count). The summed E-state index contributed by atoms with van der Waals surface area (Å²) in [4.78, 5) is 24.7. The van der Waals surface area contributed by atoms with Crippen molar-refractivity contribution in [2.24, 2.45) is 14.1 Å². The van der Waals surface area contributed by atoms with Crippen LogP contribution in [0.5, 0.6) is 0 Å². The minimum absolute atomic E-state index is 0.106. The standard InChI is InChI=1S/C15H15BrN6O3/c1-21-7-10(16)12(19-21)15(24)18-11-8-22(2)20-13(11)14(23)17-6-9-4-3-5-25-9/h3-5,7-8H,6H2,1-2H3,(H,17,23)(H,18,24). The average Bonchev–Trinajstić information content (AvgIpc) is 3.26. The summed E-state index contributed by atoms with van der Waals surface area (Å²) in [6.45, 7) is 0.224. The summed E-state index contributed by atoms with van der Waals surface area (Å²) < 4.78 is 8.69. The number of carbonyl (C=O) groups is 2. The van der Waals surface area contributed by atoms with E-state index >= 15 is 0 Å². The topological polar surface area (TPSA) is 107 Å². The number of aromatic nitrogens is 4. The lowest BCUT2D eigenvalue weighted by molar-refractivity contribution is 0.0943. The summed E-state index contributed by atoms with van der Waals surface area (Å²) in [5.74, 6) is -0.250. The Kier molecular flexibility index (Phi) is 4.70. The molecular weight excluding hydrogens is 392 g/mol. The fourth-order valence-corrected chi connectivity index (χ4v) is 2.76. The van der Waals surface area contributed by atoms with Crippen LogP contribution >= 0.6 is 15.9 Å². The van der Waals surface area contributed by atoms with Gasteiger partial charge in [0.25, 0.3) is 11.8 Å². The van der Waals surface area contributed by atoms with Crippen molar-refractivity contribution in [3.05, 3.63) is 52.4 Å². The number of nitrogens with one attached hydrogen (secondary N) is 2. The summed E-state index contributed by atoms with van der Waals surface area (Å²) in [5, 5.41) is 13.5. The Morgan fingerprint density at radius 1 is 1.16 bits per heavy atom. The van der Waals surface area contributed by atoms with E-state index < -0.39 is 11.8 Å². The van der Waals surface area contributed by atoms with Crippen molar-refractivity contribution in [1.29, 1.82) is 0 Å². The Labute approximate surface area is 151 Å². The van der Waals surface area contributed by atoms with E-state index in [4.69, 9.17) is 4.42 Å². The van der Waals surface area contributed by atoms with Crippen LogP contribution in [-0.2, 0) is 20.6 Å². The van der Waals surface area contributed by atoms with Crippen LogP contribution in [0.25, 0.3) is 0 Å². The summed E-state index contributed by atoms with van der Waals surface area (Å²) in [5.41, 5.74) is 0.616. The van der Waals surface area contributed by atoms with Gasteiger partial charge in [0.05, 0.1) is 23.0 Å². The molecule has 0 saturated carbocycles. The minimum atomic E-state index is -0.444. The van der Waals surface area contributed by atoms with Gasteiger partial charge in [-0.3, -0.25) is 19.0 Å². The molecule has 3 aromatic heterocycles. The Hall–Kier alpha value is -2.88. The van der Waals surface area contributed by atoms with Gasteiger partial charge in [-0.1, -0.05) is 0 Å². The molecular formula is C15H15BrN6O3. The second kappa shape index (κ2) is 6.93. The van der Waals surface area contributed by atoms with E-state index in [0.29, 0.717) is 15.9 Å². The van der Waals surface area contributed by atoms with Gasteiger partial charge in [-0.15, -0.1) is 0 Å². The molecule has 0 aliphatic heterocycles. The molecule has 10 heteroatoms. The molecule has 130 valence electrons. The molecule has 0 spiro atoms. The first-order valence-corrected chi connectivity index (χ1v) is 8.08. The van der Waals surface area contributed by atoms with Gasteiger partial charge in [0.15, 0.2) is 11.4 Å². The first-order valence-electron chi connectivity index (χ1n) is 7.28. The van der Waals surface area contributed by atoms with E-state index in [9.17, 15) is 9.59 Å². The molecule has 0 saturated heterocycles. The monoisotopic (exact) mass is 406 g/mol. The fraction of sp³-hybridized carbons (Fsp3) is 0.200. The number of nitrogens with zero attached hydrogens (tertiary/aromatic N) is 4. The Morgan fingerprint density at radius 3 is 2.52 bits per heavy atom. The van der Waals surface area contributed by atoms with Crippen molar-refractivity contribution in [2.75, 3.05) is 5.32 Å². The van der Waals surface area contributed by atoms with E-state index in [1.165, 1.54) is 15.6 Å². The van der Waals surface area contributed by atoms with E-state index in [0.717, 1.165) is 0 Å². The van der Waals surface area contributed by atoms with Gasteiger partial charge in [0, 0.05) is 26.5 Å². The SMILES string of the molecule is Cn1cc(Br)c(C(=O)Nc2cn(C)nc2C(=O)NCc2ccco2)n1. The lowest BCUT2D eigenvalue weighted by Crippen LogP contribution is -2.25. The number of anilines is 1.